The van der Waals surface area contributed by atoms with Crippen LogP contribution in [0.25, 0.3) is 5.69 Å². The van der Waals surface area contributed by atoms with Crippen LogP contribution in [0.15, 0.2) is 66.1 Å². The van der Waals surface area contributed by atoms with Crippen LogP contribution >= 0.6 is 11.8 Å². The van der Waals surface area contributed by atoms with Crippen molar-refractivity contribution in [2.45, 2.75) is 10.9 Å². The number of hydrogen-bond acceptors (Lipinski definition) is 8. The van der Waals surface area contributed by atoms with Crippen molar-refractivity contribution < 1.29 is 9.13 Å². The van der Waals surface area contributed by atoms with Crippen molar-refractivity contribution in [3.8, 4) is 11.4 Å². The maximum atomic E-state index is 13.6. The minimum Gasteiger partial charge on any atom is -0.495 e. The molecule has 2 aromatic carbocycles. The van der Waals surface area contributed by atoms with Crippen LogP contribution in [0.3, 0.4) is 0 Å². The van der Waals surface area contributed by atoms with Gasteiger partial charge in [-0.05, 0) is 30.3 Å². The predicted octanol–water partition coefficient (Wildman–Crippen LogP) is 3.82. The van der Waals surface area contributed by atoms with Crippen molar-refractivity contribution in [3.63, 3.8) is 0 Å². The minimum atomic E-state index is -0.311. The molecule has 0 aliphatic heterocycles. The van der Waals surface area contributed by atoms with Crippen molar-refractivity contribution in [2.75, 3.05) is 18.2 Å². The number of nitrogens with one attached hydrogen (secondary N) is 1. The first-order valence-electron chi connectivity index (χ1n) is 8.95. The molecule has 0 saturated carbocycles. The highest BCUT2D eigenvalue weighted by molar-refractivity contribution is 7.98. The second-order valence-electron chi connectivity index (χ2n) is 6.11. The normalized spacial score (nSPS) is 10.7. The largest absolute Gasteiger partial charge is 0.495 e. The summed E-state index contributed by atoms with van der Waals surface area (Å²) < 4.78 is 20.7. The zero-order valence-electron chi connectivity index (χ0n) is 16.0. The van der Waals surface area contributed by atoms with E-state index < -0.39 is 0 Å². The highest BCUT2D eigenvalue weighted by Gasteiger charge is 2.11. The van der Waals surface area contributed by atoms with Crippen LogP contribution in [0.1, 0.15) is 5.82 Å². The summed E-state index contributed by atoms with van der Waals surface area (Å²) >= 11 is 1.41. The molecule has 30 heavy (non-hydrogen) atoms. The van der Waals surface area contributed by atoms with E-state index in [0.717, 1.165) is 0 Å². The summed E-state index contributed by atoms with van der Waals surface area (Å²) in [6.45, 7) is 0. The van der Waals surface area contributed by atoms with Gasteiger partial charge in [0.15, 0.2) is 5.16 Å². The van der Waals surface area contributed by atoms with Crippen LogP contribution in [-0.4, -0.2) is 31.6 Å². The van der Waals surface area contributed by atoms with Gasteiger partial charge >= 0.3 is 0 Å². The first kappa shape index (κ1) is 19.6. The Hall–Kier alpha value is -3.66. The van der Waals surface area contributed by atoms with Gasteiger partial charge in [0.05, 0.1) is 24.2 Å². The smallest absolute Gasteiger partial charge is 0.232 e. The number of anilines is 3. The molecule has 2 aromatic heterocycles. The molecular formula is C20H18FN7OS. The molecule has 3 N–H and O–H groups in total. The fourth-order valence-corrected chi connectivity index (χ4v) is 3.60. The number of nitrogens with zero attached hydrogens (tertiary/aromatic N) is 5. The number of halogens is 1. The van der Waals surface area contributed by atoms with E-state index in [1.165, 1.54) is 23.9 Å². The molecule has 0 radical (unpaired) electrons. The van der Waals surface area contributed by atoms with E-state index in [9.17, 15) is 4.39 Å². The van der Waals surface area contributed by atoms with Gasteiger partial charge in [-0.2, -0.15) is 15.0 Å². The monoisotopic (exact) mass is 423 g/mol. The Kier molecular flexibility index (Phi) is 5.75. The lowest BCUT2D eigenvalue weighted by Crippen LogP contribution is -2.07. The lowest BCUT2D eigenvalue weighted by Gasteiger charge is -2.11. The van der Waals surface area contributed by atoms with Crippen LogP contribution in [0.2, 0.25) is 0 Å². The van der Waals surface area contributed by atoms with E-state index in [2.05, 4.69) is 25.3 Å². The van der Waals surface area contributed by atoms with E-state index in [1.54, 1.807) is 30.1 Å². The number of ether oxygens (including phenoxy) is 1. The van der Waals surface area contributed by atoms with Crippen LogP contribution < -0.4 is 15.8 Å². The van der Waals surface area contributed by atoms with Gasteiger partial charge < -0.3 is 15.8 Å². The number of nitrogens with two attached hydrogens (primary N) is 1. The topological polar surface area (TPSA) is 104 Å². The summed E-state index contributed by atoms with van der Waals surface area (Å²) in [6.07, 6.45) is 3.43. The first-order valence-corrected chi connectivity index (χ1v) is 9.93. The van der Waals surface area contributed by atoms with E-state index in [-0.39, 0.29) is 11.8 Å². The van der Waals surface area contributed by atoms with Crippen molar-refractivity contribution in [3.05, 3.63) is 72.6 Å². The molecule has 4 rings (SSSR count). The van der Waals surface area contributed by atoms with E-state index in [4.69, 9.17) is 10.5 Å². The summed E-state index contributed by atoms with van der Waals surface area (Å²) in [5.41, 5.74) is 7.26. The fraction of sp³-hybridized carbons (Fsp3) is 0.100. The molecular weight excluding hydrogens is 405 g/mol. The summed E-state index contributed by atoms with van der Waals surface area (Å²) in [5, 5.41) is 3.78. The molecule has 2 heterocycles. The van der Waals surface area contributed by atoms with Crippen LogP contribution in [0.4, 0.5) is 22.0 Å². The molecule has 4 aromatic rings. The van der Waals surface area contributed by atoms with Gasteiger partial charge in [0.2, 0.25) is 11.9 Å². The van der Waals surface area contributed by atoms with Gasteiger partial charge in [-0.3, -0.25) is 4.57 Å². The summed E-state index contributed by atoms with van der Waals surface area (Å²) in [4.78, 5) is 17.1. The highest BCUT2D eigenvalue weighted by atomic mass is 32.2. The lowest BCUT2D eigenvalue weighted by atomic mass is 10.3. The molecule has 0 amide bonds. The Morgan fingerprint density at radius 2 is 2.00 bits per heavy atom. The summed E-state index contributed by atoms with van der Waals surface area (Å²) in [7, 11) is 1.59. The molecule has 10 heteroatoms. The van der Waals surface area contributed by atoms with Crippen molar-refractivity contribution in [2.24, 2.45) is 0 Å². The molecule has 0 bridgehead atoms. The number of rotatable bonds is 7. The Bertz CT molecular complexity index is 1170. The van der Waals surface area contributed by atoms with Crippen LogP contribution in [0, 0.1) is 5.82 Å². The lowest BCUT2D eigenvalue weighted by molar-refractivity contribution is 0.417. The molecule has 0 aliphatic rings. The molecule has 0 fully saturated rings. The molecule has 0 spiro atoms. The minimum absolute atomic E-state index is 0.103. The Morgan fingerprint density at radius 3 is 2.83 bits per heavy atom. The van der Waals surface area contributed by atoms with Gasteiger partial charge in [-0.1, -0.05) is 30.0 Å². The molecule has 8 nitrogen and oxygen atoms in total. The Morgan fingerprint density at radius 1 is 1.13 bits per heavy atom. The Labute approximate surface area is 176 Å². The third-order valence-corrected chi connectivity index (χ3v) is 5.04. The standard InChI is InChI=1S/C20H18FN7OS/c1-29-16-8-3-2-7-15(16)24-19-26-17(25-18(22)27-19)12-30-20-23-9-10-28(20)14-6-4-5-13(21)11-14/h2-11H,12H2,1H3,(H3,22,24,25,26,27). The summed E-state index contributed by atoms with van der Waals surface area (Å²) in [6, 6.07) is 13.7. The maximum absolute atomic E-state index is 13.6. The third kappa shape index (κ3) is 4.49. The number of methoxy groups -OCH3 is 1. The van der Waals surface area contributed by atoms with Crippen LogP contribution in [0.5, 0.6) is 5.75 Å². The average molecular weight is 423 g/mol. The van der Waals surface area contributed by atoms with Gasteiger partial charge in [-0.25, -0.2) is 9.37 Å². The number of benzene rings is 2. The van der Waals surface area contributed by atoms with E-state index >= 15 is 0 Å². The van der Waals surface area contributed by atoms with E-state index in [1.807, 2.05) is 30.3 Å². The number of thioether (sulfide) groups is 1. The predicted molar refractivity (Wildman–Crippen MR) is 114 cm³/mol. The molecule has 152 valence electrons. The summed E-state index contributed by atoms with van der Waals surface area (Å²) in [5.74, 6) is 1.65. The number of aromatic nitrogens is 5. The second-order valence-corrected chi connectivity index (χ2v) is 7.05. The molecule has 0 aliphatic carbocycles. The van der Waals surface area contributed by atoms with Crippen molar-refractivity contribution >= 4 is 29.3 Å². The number of hydrogen-bond donors (Lipinski definition) is 2. The third-order valence-electron chi connectivity index (χ3n) is 4.08. The van der Waals surface area contributed by atoms with Gasteiger partial charge in [-0.15, -0.1) is 0 Å². The molecule has 0 atom stereocenters. The first-order chi connectivity index (χ1) is 14.6. The fourth-order valence-electron chi connectivity index (χ4n) is 2.77. The van der Waals surface area contributed by atoms with E-state index in [0.29, 0.717) is 39.8 Å². The van der Waals surface area contributed by atoms with Crippen molar-refractivity contribution in [1.82, 2.24) is 24.5 Å². The zero-order valence-corrected chi connectivity index (χ0v) is 16.8. The highest BCUT2D eigenvalue weighted by Crippen LogP contribution is 2.27. The van der Waals surface area contributed by atoms with Gasteiger partial charge in [0.25, 0.3) is 0 Å². The second kappa shape index (κ2) is 8.78. The van der Waals surface area contributed by atoms with Gasteiger partial charge in [0.1, 0.15) is 17.4 Å². The molecule has 0 saturated heterocycles. The number of imidazole rings is 1. The van der Waals surface area contributed by atoms with Gasteiger partial charge in [0, 0.05) is 12.4 Å². The molecule has 0 unspecified atom stereocenters. The SMILES string of the molecule is COc1ccccc1Nc1nc(N)nc(CSc2nccn2-c2cccc(F)c2)n1. The average Bonchev–Trinajstić information content (AvgIpc) is 3.21. The zero-order chi connectivity index (χ0) is 20.9. The van der Waals surface area contributed by atoms with Crippen LogP contribution in [-0.2, 0) is 5.75 Å². The quantitative estimate of drug-likeness (QED) is 0.432. The maximum Gasteiger partial charge on any atom is 0.232 e. The number of nitrogen functional groups attached to an aromatic ring is 1. The Balaban J connectivity index is 1.52. The van der Waals surface area contributed by atoms with Crippen molar-refractivity contribution in [1.29, 1.82) is 0 Å². The number of para-hydroxylation sites is 2.